The predicted octanol–water partition coefficient (Wildman–Crippen LogP) is 6.19. The lowest BCUT2D eigenvalue weighted by atomic mass is 9.87. The first-order valence-corrected chi connectivity index (χ1v) is 11.2. The van der Waals surface area contributed by atoms with E-state index in [2.05, 4.69) is 10.8 Å². The highest BCUT2D eigenvalue weighted by Gasteiger charge is 2.60. The fourth-order valence-electron chi connectivity index (χ4n) is 3.85. The largest absolute Gasteiger partial charge is 0.428 e. The third-order valence-electron chi connectivity index (χ3n) is 5.71. The monoisotopic (exact) mass is 537 g/mol. The van der Waals surface area contributed by atoms with E-state index in [1.165, 1.54) is 29.2 Å². The molecule has 1 unspecified atom stereocenters. The van der Waals surface area contributed by atoms with Gasteiger partial charge in [0.2, 0.25) is 5.60 Å². The third kappa shape index (κ3) is 4.19. The summed E-state index contributed by atoms with van der Waals surface area (Å²) in [5, 5.41) is 2.22. The number of hydrogen-bond acceptors (Lipinski definition) is 3. The van der Waals surface area contributed by atoms with E-state index in [0.29, 0.717) is 17.7 Å². The van der Waals surface area contributed by atoms with Crippen molar-refractivity contribution in [1.29, 1.82) is 0 Å². The summed E-state index contributed by atoms with van der Waals surface area (Å²) in [6, 6.07) is 7.61. The van der Waals surface area contributed by atoms with E-state index >= 15 is 4.39 Å². The van der Waals surface area contributed by atoms with Crippen molar-refractivity contribution in [1.82, 2.24) is 15.7 Å². The fourth-order valence-corrected chi connectivity index (χ4v) is 4.45. The first-order chi connectivity index (χ1) is 15.9. The minimum Gasteiger partial charge on any atom is -0.338 e. The van der Waals surface area contributed by atoms with E-state index in [9.17, 15) is 18.0 Å². The summed E-state index contributed by atoms with van der Waals surface area (Å²) in [5.74, 6) is 0. The van der Waals surface area contributed by atoms with Crippen molar-refractivity contribution in [3.8, 4) is 0 Å². The zero-order valence-corrected chi connectivity index (χ0v) is 19.8. The average Bonchev–Trinajstić information content (AvgIpc) is 3.22. The fraction of sp³-hybridized carbons (Fsp3) is 0.318. The highest BCUT2D eigenvalue weighted by atomic mass is 35.5. The molecule has 182 valence electrons. The lowest BCUT2D eigenvalue weighted by Crippen LogP contribution is -2.61. The van der Waals surface area contributed by atoms with Crippen molar-refractivity contribution in [3.63, 3.8) is 0 Å². The van der Waals surface area contributed by atoms with E-state index < -0.39 is 17.4 Å². The van der Waals surface area contributed by atoms with Crippen LogP contribution in [0.3, 0.4) is 0 Å². The lowest BCUT2D eigenvalue weighted by molar-refractivity contribution is -0.269. The highest BCUT2D eigenvalue weighted by Crippen LogP contribution is 2.49. The Kier molecular flexibility index (Phi) is 6.44. The highest BCUT2D eigenvalue weighted by molar-refractivity contribution is 6.48. The van der Waals surface area contributed by atoms with Crippen LogP contribution in [0.2, 0.25) is 15.1 Å². The van der Waals surface area contributed by atoms with Crippen molar-refractivity contribution in [2.45, 2.75) is 24.4 Å². The molecule has 1 atom stereocenters. The number of likely N-dealkylation sites (tertiary alicyclic amines) is 1. The van der Waals surface area contributed by atoms with Gasteiger partial charge in [0.1, 0.15) is 0 Å². The van der Waals surface area contributed by atoms with Crippen LogP contribution in [-0.4, -0.2) is 36.7 Å². The molecule has 1 fully saturated rings. The maximum Gasteiger partial charge on any atom is 0.428 e. The van der Waals surface area contributed by atoms with Gasteiger partial charge in [-0.25, -0.2) is 9.18 Å². The minimum atomic E-state index is -4.88. The average molecular weight is 539 g/mol. The Bertz CT molecular complexity index is 1130. The van der Waals surface area contributed by atoms with Crippen LogP contribution in [0.5, 0.6) is 0 Å². The molecule has 2 N–H and O–H groups in total. The number of rotatable bonds is 4. The number of hydrogen-bond donors (Lipinski definition) is 2. The molecule has 2 heterocycles. The van der Waals surface area contributed by atoms with Crippen molar-refractivity contribution in [2.75, 3.05) is 19.6 Å². The molecule has 34 heavy (non-hydrogen) atoms. The van der Waals surface area contributed by atoms with Gasteiger partial charge in [-0.1, -0.05) is 59.1 Å². The van der Waals surface area contributed by atoms with Crippen LogP contribution in [0.15, 0.2) is 42.5 Å². The normalized spacial score (nSPS) is 21.5. The second-order valence-corrected chi connectivity index (χ2v) is 9.18. The summed E-state index contributed by atoms with van der Waals surface area (Å²) in [4.78, 5) is 18.2. The van der Waals surface area contributed by atoms with E-state index in [-0.39, 0.29) is 45.4 Å². The maximum absolute atomic E-state index is 15.1. The van der Waals surface area contributed by atoms with Crippen molar-refractivity contribution < 1.29 is 27.2 Å². The van der Waals surface area contributed by atoms with Gasteiger partial charge in [-0.15, -0.1) is 0 Å². The summed E-state index contributed by atoms with van der Waals surface area (Å²) >= 11 is 17.8. The molecule has 0 saturated carbocycles. The Morgan fingerprint density at radius 1 is 1.12 bits per heavy atom. The number of hydroxylamine groups is 1. The molecule has 5 nitrogen and oxygen atoms in total. The van der Waals surface area contributed by atoms with Crippen molar-refractivity contribution >= 4 is 46.5 Å². The lowest BCUT2D eigenvalue weighted by Gasteiger charge is -2.44. The number of nitrogens with one attached hydrogen (secondary N) is 2. The van der Waals surface area contributed by atoms with Gasteiger partial charge in [0.05, 0.1) is 33.9 Å². The van der Waals surface area contributed by atoms with Gasteiger partial charge < -0.3 is 10.2 Å². The van der Waals surface area contributed by atoms with Crippen molar-refractivity contribution in [2.24, 2.45) is 0 Å². The Labute approximate surface area is 207 Å². The molecular weight excluding hydrogens is 521 g/mol. The van der Waals surface area contributed by atoms with Gasteiger partial charge in [0.15, 0.2) is 5.67 Å². The second-order valence-electron chi connectivity index (χ2n) is 7.98. The molecule has 0 aliphatic carbocycles. The molecule has 0 bridgehead atoms. The molecular formula is C22H18Cl3F4N3O2. The Balaban J connectivity index is 1.61. The summed E-state index contributed by atoms with van der Waals surface area (Å²) in [6.07, 6.45) is -4.01. The molecule has 0 spiro atoms. The SMILES string of the molecule is CCNC(=O)N1CC(F)(c2ccc(C3=CC(c4cc(Cl)c(Cl)c(Cl)c4)(C(F)(F)F)ON3)cc2)C1. The summed E-state index contributed by atoms with van der Waals surface area (Å²) in [6.45, 7) is 1.97. The smallest absolute Gasteiger partial charge is 0.338 e. The molecule has 2 amide bonds. The van der Waals surface area contributed by atoms with Crippen LogP contribution in [-0.2, 0) is 16.1 Å². The summed E-state index contributed by atoms with van der Waals surface area (Å²) in [5.41, 5.74) is -1.98. The van der Waals surface area contributed by atoms with E-state index in [1.54, 1.807) is 6.92 Å². The van der Waals surface area contributed by atoms with E-state index in [4.69, 9.17) is 39.6 Å². The quantitative estimate of drug-likeness (QED) is 0.361. The van der Waals surface area contributed by atoms with Crippen LogP contribution >= 0.6 is 34.8 Å². The molecule has 4 rings (SSSR count). The zero-order valence-electron chi connectivity index (χ0n) is 17.6. The van der Waals surface area contributed by atoms with Gasteiger partial charge in [-0.3, -0.25) is 10.3 Å². The van der Waals surface area contributed by atoms with E-state index in [0.717, 1.165) is 18.2 Å². The molecule has 1 saturated heterocycles. The number of carbonyl (C=O) groups is 1. The first kappa shape index (κ1) is 24.9. The van der Waals surface area contributed by atoms with Gasteiger partial charge in [0.25, 0.3) is 0 Å². The topological polar surface area (TPSA) is 53.6 Å². The van der Waals surface area contributed by atoms with Gasteiger partial charge in [0, 0.05) is 12.1 Å². The minimum absolute atomic E-state index is 0.0246. The number of alkyl halides is 4. The third-order valence-corrected chi connectivity index (χ3v) is 6.91. The molecule has 2 aromatic rings. The van der Waals surface area contributed by atoms with Gasteiger partial charge in [-0.05, 0) is 36.3 Å². The van der Waals surface area contributed by atoms with Crippen LogP contribution in [0, 0.1) is 0 Å². The summed E-state index contributed by atoms with van der Waals surface area (Å²) in [7, 11) is 0. The van der Waals surface area contributed by atoms with Crippen LogP contribution < -0.4 is 10.8 Å². The molecule has 2 aliphatic heterocycles. The van der Waals surface area contributed by atoms with Crippen LogP contribution in [0.4, 0.5) is 22.4 Å². The number of benzene rings is 2. The molecule has 2 aromatic carbocycles. The predicted molar refractivity (Wildman–Crippen MR) is 121 cm³/mol. The molecule has 0 radical (unpaired) electrons. The number of urea groups is 1. The standard InChI is InChI=1S/C22H18Cl3F4N3O2/c1-2-30-19(33)32-10-20(26,11-32)13-5-3-12(4-6-13)17-9-21(34-31-17,22(27,28)29)14-7-15(23)18(25)16(24)8-14/h3-9,31H,2,10-11H2,1H3,(H,30,33). The van der Waals surface area contributed by atoms with Crippen LogP contribution in [0.25, 0.3) is 5.70 Å². The molecule has 12 heteroatoms. The molecule has 2 aliphatic rings. The first-order valence-electron chi connectivity index (χ1n) is 10.1. The second kappa shape index (κ2) is 8.78. The number of amides is 2. The van der Waals surface area contributed by atoms with Crippen LogP contribution in [0.1, 0.15) is 23.6 Å². The van der Waals surface area contributed by atoms with Crippen molar-refractivity contribution in [3.05, 3.63) is 74.2 Å². The van der Waals surface area contributed by atoms with E-state index in [1.807, 2.05) is 0 Å². The number of carbonyl (C=O) groups excluding carboxylic acids is 1. The molecule has 0 aromatic heterocycles. The zero-order chi connectivity index (χ0) is 24.9. The summed E-state index contributed by atoms with van der Waals surface area (Å²) < 4.78 is 57.7. The Morgan fingerprint density at radius 2 is 1.71 bits per heavy atom. The van der Waals surface area contributed by atoms with Gasteiger partial charge in [-0.2, -0.15) is 13.2 Å². The maximum atomic E-state index is 15.1. The number of halogens is 7. The Morgan fingerprint density at radius 3 is 2.24 bits per heavy atom. The number of nitrogens with zero attached hydrogens (tertiary/aromatic N) is 1. The Hall–Kier alpha value is -2.20. The van der Waals surface area contributed by atoms with Gasteiger partial charge >= 0.3 is 12.2 Å².